The molecule has 4 atom stereocenters. The summed E-state index contributed by atoms with van der Waals surface area (Å²) in [6, 6.07) is 127. The van der Waals surface area contributed by atoms with Crippen LogP contribution in [-0.2, 0) is 32.5 Å². The van der Waals surface area contributed by atoms with Crippen molar-refractivity contribution in [3.05, 3.63) is 378 Å². The molecule has 26 rings (SSSR count). The number of anilines is 9. The molecule has 6 nitrogen and oxygen atoms in total. The fourth-order valence-electron chi connectivity index (χ4n) is 25.8. The molecule has 1 N–H and O–H groups in total. The molecule has 8 aliphatic rings. The lowest BCUT2D eigenvalue weighted by Gasteiger charge is -2.52. The standard InChI is InChI=1S/C64H60BN3.C40H42BClN2.C24H19N/c1-61(2,3)45-30-31-55-50(36-45)51-37-46(62(4,5)6)38-54-59(51)67(55)56-39-49(40-57-58(56)65(54)53-29-19-28-52-60(53)68(57)64(8)33-16-15-32-63(52,64)7)66(47-26-17-24-43(34-47)41-20-11-9-12-21-41)48-27-18-25-44(35-48)42-22-13-10-14-23-42;1-37(2,3)23-14-15-31-26(18-23)27-19-24(38(4,5)6)20-30-35(27)43(31)32-21-25(42)22-33-34(32)41(30)29-13-11-12-28-36(29)44(33)40(8)17-10-9-16-39(28,40)7;1-3-9-19(10-4-1)21-13-7-15-23(17-21)25-24-16-8-14-22(18-24)20-11-5-2-6-12-20/h9-14,17-31,34-40H,15-16,32-33H2,1-8H3;11-15,18-22H,9-10,16-17H2,1-8H3;1-18,25H. The molecule has 16 aromatic carbocycles. The number of hydrogen-bond acceptors (Lipinski definition) is 4. The highest BCUT2D eigenvalue weighted by atomic mass is 35.5. The summed E-state index contributed by atoms with van der Waals surface area (Å²) in [5.74, 6) is 0. The van der Waals surface area contributed by atoms with E-state index in [9.17, 15) is 0 Å². The molecular weight excluding hydrogens is 1680 g/mol. The predicted octanol–water partition coefficient (Wildman–Crippen LogP) is 30.7. The van der Waals surface area contributed by atoms with E-state index in [-0.39, 0.29) is 57.0 Å². The Balaban J connectivity index is 0.000000126. The second kappa shape index (κ2) is 31.4. The van der Waals surface area contributed by atoms with Crippen LogP contribution in [0.5, 0.6) is 0 Å². The maximum Gasteiger partial charge on any atom is 0.252 e. The van der Waals surface area contributed by atoms with Gasteiger partial charge in [0.15, 0.2) is 0 Å². The van der Waals surface area contributed by atoms with Gasteiger partial charge >= 0.3 is 0 Å². The number of hydrogen-bond donors (Lipinski definition) is 1. The Kier molecular flexibility index (Phi) is 19.8. The van der Waals surface area contributed by atoms with Crippen LogP contribution >= 0.6 is 11.6 Å². The molecule has 2 saturated carbocycles. The Labute approximate surface area is 815 Å². The summed E-state index contributed by atoms with van der Waals surface area (Å²) in [5, 5.41) is 9.75. The molecule has 2 aliphatic carbocycles. The molecule has 9 heteroatoms. The van der Waals surface area contributed by atoms with E-state index in [4.69, 9.17) is 11.6 Å². The van der Waals surface area contributed by atoms with Crippen molar-refractivity contribution >= 4 is 153 Å². The van der Waals surface area contributed by atoms with Crippen LogP contribution in [0.25, 0.3) is 99.5 Å². The minimum absolute atomic E-state index is 0.00858. The zero-order valence-corrected chi connectivity index (χ0v) is 83.0. The topological polar surface area (TPSA) is 31.6 Å². The Morgan fingerprint density at radius 2 is 0.628 bits per heavy atom. The van der Waals surface area contributed by atoms with Gasteiger partial charge in [0.05, 0.1) is 27.8 Å². The Bertz CT molecular complexity index is 7810. The van der Waals surface area contributed by atoms with Crippen molar-refractivity contribution in [2.75, 3.05) is 20.0 Å². The highest BCUT2D eigenvalue weighted by Crippen LogP contribution is 2.64. The van der Waals surface area contributed by atoms with E-state index in [0.717, 1.165) is 39.9 Å². The number of nitrogens with one attached hydrogen (secondary N) is 1. The second-order valence-corrected chi connectivity index (χ2v) is 46.1. The summed E-state index contributed by atoms with van der Waals surface area (Å²) in [7, 11) is 0. The molecule has 0 amide bonds. The SMILES string of the molecule is CC(C)(C)c1ccc2c(c1)c1cc(C(C)(C)C)cc3c1n2-c1cc(Cl)cc2c1B3c1cccc3c1N2C1(C)CCCCC31C.CC(C)(C)c1ccc2c(c1)c1cc(C(C)(C)C)cc3c1n2-c1cc(N(c2cccc(-c4ccccc4)c2)c2cccc(-c4ccccc4)c2)cc2c1B3c1cccc3c1N2C1(C)CCCCC31C.c1ccc(-c2cccc(Nc3cccc(-c4ccccc4)c3)c2)cc1. The Morgan fingerprint density at radius 1 is 0.292 bits per heavy atom. The minimum Gasteiger partial charge on any atom is -0.355 e. The Morgan fingerprint density at radius 3 is 1.03 bits per heavy atom. The minimum atomic E-state index is -0.102. The van der Waals surface area contributed by atoms with Crippen LogP contribution in [0.3, 0.4) is 0 Å². The van der Waals surface area contributed by atoms with Crippen molar-refractivity contribution in [1.82, 2.24) is 9.13 Å². The normalized spacial score (nSPS) is 18.8. The van der Waals surface area contributed by atoms with Gasteiger partial charge < -0.3 is 29.2 Å². The first-order chi connectivity index (χ1) is 65.8. The smallest absolute Gasteiger partial charge is 0.252 e. The summed E-state index contributed by atoms with van der Waals surface area (Å²) in [6.07, 6.45) is 9.83. The van der Waals surface area contributed by atoms with Gasteiger partial charge in [-0.2, -0.15) is 0 Å². The largest absolute Gasteiger partial charge is 0.355 e. The fraction of sp³-hybridized carbons (Fsp3) is 0.250. The van der Waals surface area contributed by atoms with Gasteiger partial charge in [-0.1, -0.05) is 365 Å². The molecule has 137 heavy (non-hydrogen) atoms. The lowest BCUT2D eigenvalue weighted by Crippen LogP contribution is -2.64. The molecule has 0 radical (unpaired) electrons. The molecule has 2 fully saturated rings. The average molecular weight is 1800 g/mol. The van der Waals surface area contributed by atoms with E-state index < -0.39 is 0 Å². The molecule has 18 aromatic rings. The lowest BCUT2D eigenvalue weighted by molar-refractivity contribution is 0.195. The van der Waals surface area contributed by atoms with Crippen molar-refractivity contribution in [1.29, 1.82) is 0 Å². The van der Waals surface area contributed by atoms with Crippen molar-refractivity contribution in [2.24, 2.45) is 0 Å². The molecule has 0 bridgehead atoms. The van der Waals surface area contributed by atoms with Crippen molar-refractivity contribution in [3.63, 3.8) is 0 Å². The van der Waals surface area contributed by atoms with Gasteiger partial charge in [0.2, 0.25) is 0 Å². The average Bonchev–Trinajstić information content (AvgIpc) is 1.50. The van der Waals surface area contributed by atoms with Crippen LogP contribution < -0.4 is 52.8 Å². The van der Waals surface area contributed by atoms with Crippen molar-refractivity contribution < 1.29 is 0 Å². The third-order valence-corrected chi connectivity index (χ3v) is 33.7. The number of halogens is 1. The molecule has 6 aliphatic heterocycles. The zero-order chi connectivity index (χ0) is 94.1. The summed E-state index contributed by atoms with van der Waals surface area (Å²) in [6.45, 7) is 38.8. The highest BCUT2D eigenvalue weighted by Gasteiger charge is 2.63. The van der Waals surface area contributed by atoms with Crippen LogP contribution in [0.1, 0.15) is 196 Å². The predicted molar refractivity (Wildman–Crippen MR) is 589 cm³/mol. The van der Waals surface area contributed by atoms with E-state index >= 15 is 0 Å². The quantitative estimate of drug-likeness (QED) is 0.146. The highest BCUT2D eigenvalue weighted by molar-refractivity contribution is 7.01. The first-order valence-corrected chi connectivity index (χ1v) is 50.6. The van der Waals surface area contributed by atoms with Crippen molar-refractivity contribution in [3.8, 4) is 55.9 Å². The Hall–Kier alpha value is -13.3. The van der Waals surface area contributed by atoms with E-state index in [2.05, 4.69) is 468 Å². The molecule has 676 valence electrons. The van der Waals surface area contributed by atoms with Gasteiger partial charge in [-0.05, 0) is 281 Å². The summed E-state index contributed by atoms with van der Waals surface area (Å²) < 4.78 is 5.25. The van der Waals surface area contributed by atoms with Gasteiger partial charge in [0.25, 0.3) is 13.4 Å². The number of aromatic nitrogens is 2. The monoisotopic (exact) mass is 1800 g/mol. The number of rotatable bonds is 9. The number of nitrogens with zero attached hydrogens (tertiary/aromatic N) is 5. The van der Waals surface area contributed by atoms with Crippen LogP contribution in [0.15, 0.2) is 340 Å². The summed E-state index contributed by atoms with van der Waals surface area (Å²) >= 11 is 7.16. The fourth-order valence-corrected chi connectivity index (χ4v) is 26.1. The zero-order valence-electron chi connectivity index (χ0n) is 82.3. The van der Waals surface area contributed by atoms with Gasteiger partial charge in [0.1, 0.15) is 0 Å². The number of benzene rings is 16. The molecule has 4 unspecified atom stereocenters. The van der Waals surface area contributed by atoms with Gasteiger partial charge in [-0.15, -0.1) is 0 Å². The van der Waals surface area contributed by atoms with Crippen LogP contribution in [-0.4, -0.2) is 33.6 Å². The van der Waals surface area contributed by atoms with Gasteiger partial charge in [-0.25, -0.2) is 0 Å². The first kappa shape index (κ1) is 86.6. The molecule has 0 spiro atoms. The maximum absolute atomic E-state index is 7.16. The molecule has 2 aromatic heterocycles. The summed E-state index contributed by atoms with van der Waals surface area (Å²) in [4.78, 5) is 8.19. The van der Waals surface area contributed by atoms with Gasteiger partial charge in [0, 0.05) is 105 Å². The molecular formula is C128H121B2ClN6. The lowest BCUT2D eigenvalue weighted by atomic mass is 9.33. The first-order valence-electron chi connectivity index (χ1n) is 50.2. The second-order valence-electron chi connectivity index (χ2n) is 45.6. The molecule has 8 heterocycles. The van der Waals surface area contributed by atoms with Crippen LogP contribution in [0, 0.1) is 0 Å². The number of para-hydroxylation sites is 2. The molecule has 0 saturated heterocycles. The van der Waals surface area contributed by atoms with E-state index in [1.165, 1.54) is 233 Å². The van der Waals surface area contributed by atoms with E-state index in [1.807, 2.05) is 12.1 Å². The van der Waals surface area contributed by atoms with Crippen LogP contribution in [0.2, 0.25) is 5.02 Å². The van der Waals surface area contributed by atoms with Crippen LogP contribution in [0.4, 0.5) is 51.2 Å². The third-order valence-electron chi connectivity index (χ3n) is 33.5. The third kappa shape index (κ3) is 13.4. The van der Waals surface area contributed by atoms with Crippen molar-refractivity contribution in [2.45, 2.75) is 206 Å². The van der Waals surface area contributed by atoms with Gasteiger partial charge in [-0.3, -0.25) is 0 Å². The van der Waals surface area contributed by atoms with E-state index in [0.29, 0.717) is 0 Å². The maximum atomic E-state index is 7.16. The summed E-state index contributed by atoms with van der Waals surface area (Å²) in [5.41, 5.74) is 46.0. The van der Waals surface area contributed by atoms with E-state index in [1.54, 1.807) is 0 Å². The number of fused-ring (bicyclic) bond motifs is 20.